The average molecular weight is 211 g/mol. The topological polar surface area (TPSA) is 63.3 Å². The first kappa shape index (κ1) is 14.1. The van der Waals surface area contributed by atoms with Gasteiger partial charge in [-0.1, -0.05) is 19.3 Å². The van der Waals surface area contributed by atoms with E-state index in [1.54, 1.807) is 0 Å². The fourth-order valence-corrected chi connectivity index (χ4v) is 2.03. The number of hydrogen-bond acceptors (Lipinski definition) is 2. The molecule has 1 fully saturated rings. The fourth-order valence-electron chi connectivity index (χ4n) is 2.03. The SMILES string of the molecule is NCC(C(=O)O)C1CCCCC1.[H-].[K+]. The first-order chi connectivity index (χ1) is 5.75. The molecule has 1 atom stereocenters. The van der Waals surface area contributed by atoms with Gasteiger partial charge in [-0.3, -0.25) is 4.79 Å². The summed E-state index contributed by atoms with van der Waals surface area (Å²) in [5.74, 6) is -0.684. The summed E-state index contributed by atoms with van der Waals surface area (Å²) in [5.41, 5.74) is 5.42. The molecule has 0 aliphatic heterocycles. The third kappa shape index (κ3) is 4.40. The Morgan fingerprint density at radius 1 is 1.46 bits per heavy atom. The van der Waals surface area contributed by atoms with Crippen molar-refractivity contribution in [3.05, 3.63) is 0 Å². The van der Waals surface area contributed by atoms with Crippen molar-refractivity contribution in [2.75, 3.05) is 6.54 Å². The molecule has 0 amide bonds. The summed E-state index contributed by atoms with van der Waals surface area (Å²) in [6, 6.07) is 0. The van der Waals surface area contributed by atoms with Gasteiger partial charge >= 0.3 is 57.4 Å². The van der Waals surface area contributed by atoms with E-state index >= 15 is 0 Å². The minimum atomic E-state index is -0.718. The molecule has 1 aliphatic carbocycles. The van der Waals surface area contributed by atoms with Crippen molar-refractivity contribution in [3.63, 3.8) is 0 Å². The second kappa shape index (κ2) is 7.37. The van der Waals surface area contributed by atoms with Gasteiger partial charge in [0.2, 0.25) is 0 Å². The predicted molar refractivity (Wildman–Crippen MR) is 47.9 cm³/mol. The van der Waals surface area contributed by atoms with E-state index < -0.39 is 5.97 Å². The maximum Gasteiger partial charge on any atom is 1.00 e. The molecule has 0 spiro atoms. The number of nitrogens with two attached hydrogens (primary N) is 1. The van der Waals surface area contributed by atoms with E-state index in [-0.39, 0.29) is 58.7 Å². The van der Waals surface area contributed by atoms with Crippen molar-refractivity contribution in [2.45, 2.75) is 32.1 Å². The van der Waals surface area contributed by atoms with Crippen LogP contribution in [-0.4, -0.2) is 17.6 Å². The predicted octanol–water partition coefficient (Wildman–Crippen LogP) is -1.66. The number of aliphatic carboxylic acids is 1. The van der Waals surface area contributed by atoms with E-state index in [2.05, 4.69) is 0 Å². The van der Waals surface area contributed by atoms with Crippen molar-refractivity contribution in [3.8, 4) is 0 Å². The molecule has 0 aromatic rings. The number of hydrogen-bond donors (Lipinski definition) is 2. The van der Waals surface area contributed by atoms with Crippen LogP contribution in [0.4, 0.5) is 0 Å². The third-order valence-electron chi connectivity index (χ3n) is 2.79. The normalized spacial score (nSPS) is 20.4. The van der Waals surface area contributed by atoms with Gasteiger partial charge in [0.1, 0.15) is 0 Å². The zero-order chi connectivity index (χ0) is 8.97. The van der Waals surface area contributed by atoms with Gasteiger partial charge in [-0.05, 0) is 18.8 Å². The number of rotatable bonds is 3. The van der Waals surface area contributed by atoms with Gasteiger partial charge in [-0.25, -0.2) is 0 Å². The average Bonchev–Trinajstić information content (AvgIpc) is 2.07. The molecule has 0 aromatic heterocycles. The molecule has 0 saturated heterocycles. The van der Waals surface area contributed by atoms with E-state index in [0.29, 0.717) is 12.5 Å². The van der Waals surface area contributed by atoms with Gasteiger partial charge in [-0.2, -0.15) is 0 Å². The molecule has 1 unspecified atom stereocenters. The summed E-state index contributed by atoms with van der Waals surface area (Å²) in [6.07, 6.45) is 5.71. The Morgan fingerprint density at radius 2 is 2.00 bits per heavy atom. The van der Waals surface area contributed by atoms with Gasteiger partial charge in [0, 0.05) is 6.54 Å². The standard InChI is InChI=1S/C9H17NO2.K.H/c10-6-8(9(11)12)7-4-2-1-3-5-7;;/h7-8H,1-6,10H2,(H,11,12);;/q;+1;-1. The molecule has 3 nitrogen and oxygen atoms in total. The molecule has 0 heterocycles. The maximum atomic E-state index is 10.7. The largest absolute Gasteiger partial charge is 1.00 e. The first-order valence-electron chi connectivity index (χ1n) is 4.68. The molecule has 1 aliphatic rings. The Hall–Kier alpha value is 1.07. The number of carbonyl (C=O) groups is 1. The van der Waals surface area contributed by atoms with E-state index in [1.807, 2.05) is 0 Å². The third-order valence-corrected chi connectivity index (χ3v) is 2.79. The molecule has 0 radical (unpaired) electrons. The summed E-state index contributed by atoms with van der Waals surface area (Å²) in [6.45, 7) is 0.292. The van der Waals surface area contributed by atoms with Crippen LogP contribution in [0.3, 0.4) is 0 Å². The summed E-state index contributed by atoms with van der Waals surface area (Å²) in [7, 11) is 0. The van der Waals surface area contributed by atoms with Gasteiger partial charge in [0.25, 0.3) is 0 Å². The molecule has 1 saturated carbocycles. The minimum absolute atomic E-state index is 0. The molecule has 0 bridgehead atoms. The Bertz CT molecular complexity index is 163. The van der Waals surface area contributed by atoms with Crippen molar-refractivity contribution in [2.24, 2.45) is 17.6 Å². The zero-order valence-electron chi connectivity index (χ0n) is 9.33. The Balaban J connectivity index is 0. The molecular formula is C9H18KNO2. The van der Waals surface area contributed by atoms with Crippen molar-refractivity contribution >= 4 is 5.97 Å². The molecule has 1 rings (SSSR count). The molecular weight excluding hydrogens is 193 g/mol. The molecule has 13 heavy (non-hydrogen) atoms. The van der Waals surface area contributed by atoms with Gasteiger partial charge in [0.05, 0.1) is 5.92 Å². The zero-order valence-corrected chi connectivity index (χ0v) is 11.5. The molecule has 3 N–H and O–H groups in total. The number of carboxylic acids is 1. The minimum Gasteiger partial charge on any atom is -1.00 e. The van der Waals surface area contributed by atoms with E-state index in [1.165, 1.54) is 19.3 Å². The summed E-state index contributed by atoms with van der Waals surface area (Å²) < 4.78 is 0. The van der Waals surface area contributed by atoms with Crippen LogP contribution < -0.4 is 57.1 Å². The summed E-state index contributed by atoms with van der Waals surface area (Å²) in [5, 5.41) is 8.85. The van der Waals surface area contributed by atoms with Gasteiger partial charge in [0.15, 0.2) is 0 Å². The van der Waals surface area contributed by atoms with Crippen molar-refractivity contribution < 1.29 is 62.7 Å². The second-order valence-electron chi connectivity index (χ2n) is 3.58. The van der Waals surface area contributed by atoms with Crippen LogP contribution in [-0.2, 0) is 4.79 Å². The van der Waals surface area contributed by atoms with E-state index in [4.69, 9.17) is 10.8 Å². The van der Waals surface area contributed by atoms with Crippen molar-refractivity contribution in [1.29, 1.82) is 0 Å². The van der Waals surface area contributed by atoms with Crippen LogP contribution >= 0.6 is 0 Å². The maximum absolute atomic E-state index is 10.7. The van der Waals surface area contributed by atoms with E-state index in [0.717, 1.165) is 12.8 Å². The van der Waals surface area contributed by atoms with Crippen LogP contribution in [0.25, 0.3) is 0 Å². The van der Waals surface area contributed by atoms with Gasteiger partial charge in [-0.15, -0.1) is 0 Å². The van der Waals surface area contributed by atoms with Crippen LogP contribution in [0.5, 0.6) is 0 Å². The van der Waals surface area contributed by atoms with E-state index in [9.17, 15) is 4.79 Å². The fraction of sp³-hybridized carbons (Fsp3) is 0.889. The summed E-state index contributed by atoms with van der Waals surface area (Å²) >= 11 is 0. The Kier molecular flexibility index (Phi) is 7.97. The Labute approximate surface area is 123 Å². The van der Waals surface area contributed by atoms with Gasteiger partial charge < -0.3 is 12.3 Å². The molecule has 0 aromatic carbocycles. The van der Waals surface area contributed by atoms with Crippen LogP contribution in [0.1, 0.15) is 33.5 Å². The quantitative estimate of drug-likeness (QED) is 0.549. The molecule has 72 valence electrons. The molecule has 4 heteroatoms. The number of carboxylic acid groups (broad SMARTS) is 1. The monoisotopic (exact) mass is 211 g/mol. The summed E-state index contributed by atoms with van der Waals surface area (Å²) in [4.78, 5) is 10.7. The van der Waals surface area contributed by atoms with Crippen LogP contribution in [0.2, 0.25) is 0 Å². The second-order valence-corrected chi connectivity index (χ2v) is 3.58. The first-order valence-corrected chi connectivity index (χ1v) is 4.68. The smallest absolute Gasteiger partial charge is 1.00 e. The van der Waals surface area contributed by atoms with Crippen LogP contribution in [0, 0.1) is 11.8 Å². The van der Waals surface area contributed by atoms with Crippen LogP contribution in [0.15, 0.2) is 0 Å². The van der Waals surface area contributed by atoms with Crippen molar-refractivity contribution in [1.82, 2.24) is 0 Å². The Morgan fingerprint density at radius 3 is 2.38 bits per heavy atom.